The summed E-state index contributed by atoms with van der Waals surface area (Å²) in [5.74, 6) is 1.48. The van der Waals surface area contributed by atoms with Gasteiger partial charge in [0.05, 0.1) is 11.7 Å². The van der Waals surface area contributed by atoms with Crippen LogP contribution in [0.2, 0.25) is 0 Å². The van der Waals surface area contributed by atoms with Gasteiger partial charge in [-0.05, 0) is 68.0 Å². The Kier molecular flexibility index (Phi) is 6.62. The summed E-state index contributed by atoms with van der Waals surface area (Å²) in [5, 5.41) is 2.99. The third-order valence-corrected chi connectivity index (χ3v) is 8.22. The van der Waals surface area contributed by atoms with Crippen LogP contribution in [0.15, 0.2) is 54.6 Å². The number of piperidine rings is 2. The summed E-state index contributed by atoms with van der Waals surface area (Å²) < 4.78 is 33.1. The summed E-state index contributed by atoms with van der Waals surface area (Å²) in [5.41, 5.74) is 0.687. The van der Waals surface area contributed by atoms with Crippen molar-refractivity contribution in [3.8, 4) is 11.5 Å². The Bertz CT molecular complexity index is 992. The van der Waals surface area contributed by atoms with Crippen molar-refractivity contribution in [1.82, 2.24) is 4.31 Å². The monoisotopic (exact) mass is 442 g/mol. The first-order valence-corrected chi connectivity index (χ1v) is 12.7. The average Bonchev–Trinajstić information content (AvgIpc) is 2.80. The molecule has 3 atom stereocenters. The maximum atomic E-state index is 13.1. The summed E-state index contributed by atoms with van der Waals surface area (Å²) in [6, 6.07) is 16.5. The fourth-order valence-corrected chi connectivity index (χ4v) is 6.64. The molecule has 0 radical (unpaired) electrons. The molecule has 2 heterocycles. The van der Waals surface area contributed by atoms with Crippen molar-refractivity contribution in [3.63, 3.8) is 0 Å². The van der Waals surface area contributed by atoms with Gasteiger partial charge >= 0.3 is 0 Å². The van der Waals surface area contributed by atoms with Gasteiger partial charge in [0.15, 0.2) is 0 Å². The van der Waals surface area contributed by atoms with Crippen LogP contribution in [-0.4, -0.2) is 37.0 Å². The van der Waals surface area contributed by atoms with E-state index in [0.29, 0.717) is 24.4 Å². The van der Waals surface area contributed by atoms with E-state index in [1.54, 1.807) is 4.31 Å². The minimum atomic E-state index is -3.31. The van der Waals surface area contributed by atoms with Crippen LogP contribution >= 0.6 is 0 Å². The molecule has 2 saturated heterocycles. The normalized spacial score (nSPS) is 23.5. The molecule has 3 aliphatic rings. The van der Waals surface area contributed by atoms with Gasteiger partial charge in [0.1, 0.15) is 11.5 Å². The second-order valence-electron chi connectivity index (χ2n) is 8.52. The minimum absolute atomic E-state index is 0.0955. The highest BCUT2D eigenvalue weighted by Gasteiger charge is 2.47. The molecule has 2 aromatic rings. The van der Waals surface area contributed by atoms with Crippen LogP contribution in [0.3, 0.4) is 0 Å². The van der Waals surface area contributed by atoms with Crippen molar-refractivity contribution in [3.05, 3.63) is 54.6 Å². The number of fused-ring (bicyclic) bond motifs is 3. The van der Waals surface area contributed by atoms with Crippen molar-refractivity contribution >= 4 is 21.6 Å². The number of carbonyl (C=O) groups excluding carboxylic acids is 1. The predicted octanol–water partition coefficient (Wildman–Crippen LogP) is 4.65. The summed E-state index contributed by atoms with van der Waals surface area (Å²) in [6.07, 6.45) is 4.02. The Labute approximate surface area is 184 Å². The van der Waals surface area contributed by atoms with Crippen molar-refractivity contribution in [1.29, 1.82) is 0 Å². The number of unbranched alkanes of at least 4 members (excludes halogenated alkanes) is 1. The highest BCUT2D eigenvalue weighted by Crippen LogP contribution is 2.41. The SMILES string of the molecule is CCCCS(=O)(=O)N1C[C@H]2CC[C@@H]1[C@H](C(=O)Nc1ccc(Oc3ccccc3)cc1)C2. The number of hydrogen-bond donors (Lipinski definition) is 1. The molecule has 0 spiro atoms. The lowest BCUT2D eigenvalue weighted by molar-refractivity contribution is -0.125. The van der Waals surface area contributed by atoms with Crippen LogP contribution in [0.25, 0.3) is 0 Å². The Balaban J connectivity index is 1.41. The minimum Gasteiger partial charge on any atom is -0.457 e. The van der Waals surface area contributed by atoms with Crippen LogP contribution in [0, 0.1) is 11.8 Å². The van der Waals surface area contributed by atoms with E-state index in [1.807, 2.05) is 61.5 Å². The molecule has 2 aliphatic heterocycles. The maximum absolute atomic E-state index is 13.1. The highest BCUT2D eigenvalue weighted by atomic mass is 32.2. The lowest BCUT2D eigenvalue weighted by Gasteiger charge is -2.48. The third kappa shape index (κ3) is 5.10. The number of ether oxygens (including phenoxy) is 1. The first kappa shape index (κ1) is 21.8. The van der Waals surface area contributed by atoms with Crippen molar-refractivity contribution < 1.29 is 17.9 Å². The van der Waals surface area contributed by atoms with Crippen LogP contribution in [0.1, 0.15) is 39.0 Å². The van der Waals surface area contributed by atoms with E-state index in [1.165, 1.54) is 0 Å². The maximum Gasteiger partial charge on any atom is 0.229 e. The molecule has 31 heavy (non-hydrogen) atoms. The molecule has 7 heteroatoms. The Morgan fingerprint density at radius 3 is 2.45 bits per heavy atom. The zero-order valence-corrected chi connectivity index (χ0v) is 18.7. The van der Waals surface area contributed by atoms with Gasteiger partial charge in [-0.1, -0.05) is 31.5 Å². The van der Waals surface area contributed by atoms with Gasteiger partial charge in [-0.3, -0.25) is 4.79 Å². The van der Waals surface area contributed by atoms with Gasteiger partial charge in [0.2, 0.25) is 15.9 Å². The molecular weight excluding hydrogens is 412 g/mol. The molecule has 166 valence electrons. The number of benzene rings is 2. The highest BCUT2D eigenvalue weighted by molar-refractivity contribution is 7.89. The predicted molar refractivity (Wildman–Crippen MR) is 122 cm³/mol. The molecule has 2 bridgehead atoms. The lowest BCUT2D eigenvalue weighted by Crippen LogP contribution is -2.58. The van der Waals surface area contributed by atoms with Gasteiger partial charge in [-0.15, -0.1) is 0 Å². The number of hydrogen-bond acceptors (Lipinski definition) is 4. The molecule has 6 nitrogen and oxygen atoms in total. The number of rotatable bonds is 8. The van der Waals surface area contributed by atoms with E-state index in [2.05, 4.69) is 5.32 Å². The quantitative estimate of drug-likeness (QED) is 0.646. The Morgan fingerprint density at radius 2 is 1.77 bits per heavy atom. The lowest BCUT2D eigenvalue weighted by atomic mass is 9.73. The number of nitrogens with one attached hydrogen (secondary N) is 1. The molecule has 0 unspecified atom stereocenters. The van der Waals surface area contributed by atoms with Gasteiger partial charge in [-0.2, -0.15) is 4.31 Å². The largest absolute Gasteiger partial charge is 0.457 e. The molecule has 1 saturated carbocycles. The zero-order valence-electron chi connectivity index (χ0n) is 17.9. The van der Waals surface area contributed by atoms with Crippen LogP contribution in [0.5, 0.6) is 11.5 Å². The van der Waals surface area contributed by atoms with Gasteiger partial charge in [-0.25, -0.2) is 8.42 Å². The summed E-state index contributed by atoms with van der Waals surface area (Å²) in [7, 11) is -3.31. The van der Waals surface area contributed by atoms with Gasteiger partial charge in [0, 0.05) is 18.3 Å². The van der Waals surface area contributed by atoms with E-state index < -0.39 is 10.0 Å². The fourth-order valence-electron chi connectivity index (χ4n) is 4.65. The smallest absolute Gasteiger partial charge is 0.229 e. The average molecular weight is 443 g/mol. The standard InChI is InChI=1S/C24H30N2O4S/c1-2-3-15-31(28,29)26-17-18-9-14-23(26)22(16-18)24(27)25-19-10-12-21(13-11-19)30-20-7-5-4-6-8-20/h4-8,10-13,18,22-23H,2-3,9,14-17H2,1H3,(H,25,27)/t18-,22+,23+/m0/s1. The molecule has 1 amide bonds. The molecule has 1 aliphatic carbocycles. The van der Waals surface area contributed by atoms with Crippen molar-refractivity contribution in [2.45, 2.75) is 45.1 Å². The molecule has 2 aromatic carbocycles. The van der Waals surface area contributed by atoms with Crippen molar-refractivity contribution in [2.75, 3.05) is 17.6 Å². The first-order valence-electron chi connectivity index (χ1n) is 11.1. The van der Waals surface area contributed by atoms with E-state index in [9.17, 15) is 13.2 Å². The van der Waals surface area contributed by atoms with E-state index in [4.69, 9.17) is 4.74 Å². The number of sulfonamides is 1. The summed E-state index contributed by atoms with van der Waals surface area (Å²) in [4.78, 5) is 13.1. The number of para-hydroxylation sites is 1. The number of amides is 1. The van der Waals surface area contributed by atoms with E-state index in [0.717, 1.165) is 31.4 Å². The molecule has 1 N–H and O–H groups in total. The van der Waals surface area contributed by atoms with Crippen LogP contribution in [-0.2, 0) is 14.8 Å². The topological polar surface area (TPSA) is 75.7 Å². The summed E-state index contributed by atoms with van der Waals surface area (Å²) >= 11 is 0. The van der Waals surface area contributed by atoms with Crippen LogP contribution < -0.4 is 10.1 Å². The van der Waals surface area contributed by atoms with E-state index in [-0.39, 0.29) is 29.5 Å². The molecular formula is C24H30N2O4S. The van der Waals surface area contributed by atoms with Gasteiger partial charge < -0.3 is 10.1 Å². The number of anilines is 1. The second-order valence-corrected chi connectivity index (χ2v) is 10.6. The molecule has 3 fully saturated rings. The number of carbonyl (C=O) groups is 1. The number of nitrogens with zero attached hydrogens (tertiary/aromatic N) is 1. The van der Waals surface area contributed by atoms with Crippen LogP contribution in [0.4, 0.5) is 5.69 Å². The second kappa shape index (κ2) is 9.40. The first-order chi connectivity index (χ1) is 15.0. The Hall–Kier alpha value is -2.38. The third-order valence-electron chi connectivity index (χ3n) is 6.28. The molecule has 5 rings (SSSR count). The Morgan fingerprint density at radius 1 is 1.06 bits per heavy atom. The van der Waals surface area contributed by atoms with E-state index >= 15 is 0 Å². The fraction of sp³-hybridized carbons (Fsp3) is 0.458. The molecule has 0 aromatic heterocycles. The zero-order chi connectivity index (χ0) is 21.8. The summed E-state index contributed by atoms with van der Waals surface area (Å²) in [6.45, 7) is 2.55. The van der Waals surface area contributed by atoms with Gasteiger partial charge in [0.25, 0.3) is 0 Å². The van der Waals surface area contributed by atoms with Crippen molar-refractivity contribution in [2.24, 2.45) is 11.8 Å².